The molecule has 2 aromatic rings. The van der Waals surface area contributed by atoms with Gasteiger partial charge in [0.05, 0.1) is 5.69 Å². The first-order valence-electron chi connectivity index (χ1n) is 4.26. The normalized spacial score (nSPS) is 10.5. The van der Waals surface area contributed by atoms with Gasteiger partial charge in [0, 0.05) is 4.47 Å². The van der Waals surface area contributed by atoms with Crippen LogP contribution >= 0.6 is 15.9 Å². The standard InChI is InChI=1S/C9H8BrN3O2/c10-6-3-1-2-4-7(6)13-9(15)11-8(5-14)12-13/h1-4,14H,5H2,(H,11,12,15). The molecule has 0 radical (unpaired) electrons. The fourth-order valence-electron chi connectivity index (χ4n) is 1.23. The second-order valence-electron chi connectivity index (χ2n) is 2.90. The molecular formula is C9H8BrN3O2. The molecule has 1 heterocycles. The highest BCUT2D eigenvalue weighted by Crippen LogP contribution is 2.17. The topological polar surface area (TPSA) is 70.9 Å². The zero-order valence-electron chi connectivity index (χ0n) is 7.64. The Morgan fingerprint density at radius 3 is 2.80 bits per heavy atom. The second-order valence-corrected chi connectivity index (χ2v) is 3.75. The SMILES string of the molecule is O=c1[nH]c(CO)nn1-c1ccccc1Br. The molecule has 0 atom stereocenters. The third-order valence-corrected chi connectivity index (χ3v) is 2.57. The monoisotopic (exact) mass is 269 g/mol. The number of nitrogens with one attached hydrogen (secondary N) is 1. The fourth-order valence-corrected chi connectivity index (χ4v) is 1.68. The zero-order valence-corrected chi connectivity index (χ0v) is 9.23. The number of hydrogen-bond donors (Lipinski definition) is 2. The van der Waals surface area contributed by atoms with Gasteiger partial charge in [0.15, 0.2) is 5.82 Å². The highest BCUT2D eigenvalue weighted by molar-refractivity contribution is 9.10. The summed E-state index contributed by atoms with van der Waals surface area (Å²) in [7, 11) is 0. The number of halogens is 1. The molecule has 0 saturated heterocycles. The number of aromatic nitrogens is 3. The van der Waals surface area contributed by atoms with Crippen molar-refractivity contribution in [3.05, 3.63) is 45.0 Å². The van der Waals surface area contributed by atoms with Crippen molar-refractivity contribution in [2.45, 2.75) is 6.61 Å². The minimum Gasteiger partial charge on any atom is -0.388 e. The van der Waals surface area contributed by atoms with Crippen molar-refractivity contribution in [1.29, 1.82) is 0 Å². The third kappa shape index (κ3) is 1.86. The van der Waals surface area contributed by atoms with E-state index in [1.165, 1.54) is 4.68 Å². The van der Waals surface area contributed by atoms with Gasteiger partial charge in [-0.15, -0.1) is 5.10 Å². The highest BCUT2D eigenvalue weighted by Gasteiger charge is 2.08. The van der Waals surface area contributed by atoms with E-state index < -0.39 is 0 Å². The summed E-state index contributed by atoms with van der Waals surface area (Å²) in [5.41, 5.74) is 0.268. The Balaban J connectivity index is 2.59. The van der Waals surface area contributed by atoms with Crippen LogP contribution in [0.25, 0.3) is 5.69 Å². The molecule has 0 saturated carbocycles. The van der Waals surface area contributed by atoms with Crippen LogP contribution in [0.1, 0.15) is 5.82 Å². The molecule has 78 valence electrons. The Morgan fingerprint density at radius 1 is 1.47 bits per heavy atom. The maximum absolute atomic E-state index is 11.5. The summed E-state index contributed by atoms with van der Waals surface area (Å²) in [6, 6.07) is 7.22. The third-order valence-electron chi connectivity index (χ3n) is 1.89. The van der Waals surface area contributed by atoms with Crippen LogP contribution in [0.3, 0.4) is 0 Å². The lowest BCUT2D eigenvalue weighted by atomic mass is 10.3. The predicted octanol–water partition coefficient (Wildman–Crippen LogP) is 0.815. The van der Waals surface area contributed by atoms with Crippen molar-refractivity contribution in [2.24, 2.45) is 0 Å². The van der Waals surface area contributed by atoms with Gasteiger partial charge in [-0.2, -0.15) is 4.68 Å². The minimum atomic E-state index is -0.369. The molecule has 0 bridgehead atoms. The van der Waals surface area contributed by atoms with Crippen LogP contribution in [0, 0.1) is 0 Å². The lowest BCUT2D eigenvalue weighted by Gasteiger charge is -2.00. The summed E-state index contributed by atoms with van der Waals surface area (Å²) in [5, 5.41) is 12.8. The first-order chi connectivity index (χ1) is 7.22. The maximum atomic E-state index is 11.5. The molecule has 2 rings (SSSR count). The van der Waals surface area contributed by atoms with Gasteiger partial charge in [0.25, 0.3) is 0 Å². The van der Waals surface area contributed by atoms with E-state index in [4.69, 9.17) is 5.11 Å². The number of aliphatic hydroxyl groups is 1. The highest BCUT2D eigenvalue weighted by atomic mass is 79.9. The quantitative estimate of drug-likeness (QED) is 0.848. The Morgan fingerprint density at radius 2 is 2.20 bits per heavy atom. The van der Waals surface area contributed by atoms with Crippen molar-refractivity contribution in [3.8, 4) is 5.69 Å². The number of aliphatic hydroxyl groups excluding tert-OH is 1. The molecule has 15 heavy (non-hydrogen) atoms. The Kier molecular flexibility index (Phi) is 2.70. The molecule has 0 amide bonds. The lowest BCUT2D eigenvalue weighted by molar-refractivity contribution is 0.271. The Bertz CT molecular complexity index is 532. The van der Waals surface area contributed by atoms with Crippen LogP contribution in [0.4, 0.5) is 0 Å². The van der Waals surface area contributed by atoms with Crippen LogP contribution in [0.5, 0.6) is 0 Å². The second kappa shape index (κ2) is 4.00. The summed E-state index contributed by atoms with van der Waals surface area (Å²) in [5.74, 6) is 0.246. The van der Waals surface area contributed by atoms with E-state index >= 15 is 0 Å². The van der Waals surface area contributed by atoms with E-state index in [0.717, 1.165) is 4.47 Å². The molecule has 0 aliphatic rings. The number of nitrogens with zero attached hydrogens (tertiary/aromatic N) is 2. The molecule has 2 N–H and O–H groups in total. The maximum Gasteiger partial charge on any atom is 0.348 e. The van der Waals surface area contributed by atoms with Gasteiger partial charge in [-0.25, -0.2) is 4.79 Å². The van der Waals surface area contributed by atoms with E-state index in [-0.39, 0.29) is 18.1 Å². The first-order valence-corrected chi connectivity index (χ1v) is 5.05. The van der Waals surface area contributed by atoms with Crippen LogP contribution in [-0.2, 0) is 6.61 Å². The summed E-state index contributed by atoms with van der Waals surface area (Å²) >= 11 is 3.32. The smallest absolute Gasteiger partial charge is 0.348 e. The molecule has 5 nitrogen and oxygen atoms in total. The number of aromatic amines is 1. The molecule has 0 spiro atoms. The van der Waals surface area contributed by atoms with Crippen LogP contribution < -0.4 is 5.69 Å². The lowest BCUT2D eigenvalue weighted by Crippen LogP contribution is -2.16. The van der Waals surface area contributed by atoms with Crippen molar-refractivity contribution >= 4 is 15.9 Å². The van der Waals surface area contributed by atoms with Gasteiger partial charge in [0.1, 0.15) is 6.61 Å². The Hall–Kier alpha value is -1.40. The molecule has 0 aliphatic heterocycles. The first kappa shape index (κ1) is 10.1. The number of H-pyrrole nitrogens is 1. The molecule has 0 fully saturated rings. The van der Waals surface area contributed by atoms with E-state index in [2.05, 4.69) is 26.0 Å². The Labute approximate surface area is 93.5 Å². The van der Waals surface area contributed by atoms with E-state index in [1.54, 1.807) is 12.1 Å². The largest absolute Gasteiger partial charge is 0.388 e. The van der Waals surface area contributed by atoms with Gasteiger partial charge in [-0.05, 0) is 28.1 Å². The molecule has 0 unspecified atom stereocenters. The van der Waals surface area contributed by atoms with Crippen molar-refractivity contribution < 1.29 is 5.11 Å². The van der Waals surface area contributed by atoms with Gasteiger partial charge in [0.2, 0.25) is 0 Å². The van der Waals surface area contributed by atoms with Crippen LogP contribution in [-0.4, -0.2) is 19.9 Å². The average molecular weight is 270 g/mol. The average Bonchev–Trinajstić information content (AvgIpc) is 2.60. The van der Waals surface area contributed by atoms with E-state index in [1.807, 2.05) is 12.1 Å². The van der Waals surface area contributed by atoms with E-state index in [9.17, 15) is 4.79 Å². The summed E-state index contributed by atoms with van der Waals surface area (Å²) < 4.78 is 1.97. The molecule has 0 aliphatic carbocycles. The number of para-hydroxylation sites is 1. The van der Waals surface area contributed by atoms with Gasteiger partial charge in [-0.1, -0.05) is 12.1 Å². The van der Waals surface area contributed by atoms with Gasteiger partial charge >= 0.3 is 5.69 Å². The van der Waals surface area contributed by atoms with Crippen molar-refractivity contribution in [2.75, 3.05) is 0 Å². The van der Waals surface area contributed by atoms with Gasteiger partial charge < -0.3 is 5.11 Å². The van der Waals surface area contributed by atoms with Crippen molar-refractivity contribution in [1.82, 2.24) is 14.8 Å². The number of benzene rings is 1. The molecule has 6 heteroatoms. The minimum absolute atomic E-state index is 0.246. The zero-order chi connectivity index (χ0) is 10.8. The molecular weight excluding hydrogens is 262 g/mol. The van der Waals surface area contributed by atoms with Crippen LogP contribution in [0.15, 0.2) is 33.5 Å². The van der Waals surface area contributed by atoms with Crippen molar-refractivity contribution in [3.63, 3.8) is 0 Å². The summed E-state index contributed by atoms with van der Waals surface area (Å²) in [6.07, 6.45) is 0. The van der Waals surface area contributed by atoms with E-state index in [0.29, 0.717) is 5.69 Å². The van der Waals surface area contributed by atoms with Gasteiger partial charge in [-0.3, -0.25) is 4.98 Å². The molecule has 1 aromatic heterocycles. The summed E-state index contributed by atoms with van der Waals surface area (Å²) in [6.45, 7) is -0.285. The molecule has 1 aromatic carbocycles. The predicted molar refractivity (Wildman–Crippen MR) is 57.8 cm³/mol. The summed E-state index contributed by atoms with van der Waals surface area (Å²) in [4.78, 5) is 13.9. The number of rotatable bonds is 2. The van der Waals surface area contributed by atoms with Crippen LogP contribution in [0.2, 0.25) is 0 Å². The number of hydrogen-bond acceptors (Lipinski definition) is 3. The fraction of sp³-hybridized carbons (Fsp3) is 0.111.